The monoisotopic (exact) mass is 454 g/mol. The molecule has 0 atom stereocenters. The SMILES string of the molecule is O=C(CCCc1cn(-c2ccccc2)c(NC(=O)c2cccc(-c3cn[nH]c3)c2)n1)NC1CC1. The second-order valence-electron chi connectivity index (χ2n) is 8.48. The first-order chi connectivity index (χ1) is 16.7. The van der Waals surface area contributed by atoms with Crippen molar-refractivity contribution >= 4 is 17.8 Å². The summed E-state index contributed by atoms with van der Waals surface area (Å²) in [5.74, 6) is 0.293. The molecule has 0 radical (unpaired) electrons. The lowest BCUT2D eigenvalue weighted by atomic mass is 10.1. The Labute approximate surface area is 197 Å². The molecule has 1 aliphatic carbocycles. The number of benzene rings is 2. The lowest BCUT2D eigenvalue weighted by Crippen LogP contribution is -2.25. The molecular weight excluding hydrogens is 428 g/mol. The van der Waals surface area contributed by atoms with Gasteiger partial charge < -0.3 is 5.32 Å². The van der Waals surface area contributed by atoms with Crippen molar-refractivity contribution in [1.29, 1.82) is 0 Å². The van der Waals surface area contributed by atoms with Crippen LogP contribution in [0.3, 0.4) is 0 Å². The number of rotatable bonds is 9. The number of nitrogens with one attached hydrogen (secondary N) is 3. The van der Waals surface area contributed by atoms with E-state index in [1.54, 1.807) is 18.5 Å². The van der Waals surface area contributed by atoms with E-state index in [1.165, 1.54) is 0 Å². The van der Waals surface area contributed by atoms with Gasteiger partial charge in [0.15, 0.2) is 0 Å². The fourth-order valence-electron chi connectivity index (χ4n) is 3.80. The minimum atomic E-state index is -0.247. The summed E-state index contributed by atoms with van der Waals surface area (Å²) in [6.07, 6.45) is 9.42. The molecule has 1 aliphatic rings. The highest BCUT2D eigenvalue weighted by molar-refractivity contribution is 6.04. The van der Waals surface area contributed by atoms with Gasteiger partial charge in [-0.2, -0.15) is 5.10 Å². The summed E-state index contributed by atoms with van der Waals surface area (Å²) >= 11 is 0. The topological polar surface area (TPSA) is 105 Å². The van der Waals surface area contributed by atoms with Crippen molar-refractivity contribution in [3.05, 3.63) is 84.4 Å². The molecule has 5 rings (SSSR count). The van der Waals surface area contributed by atoms with Crippen molar-refractivity contribution in [2.24, 2.45) is 0 Å². The van der Waals surface area contributed by atoms with Gasteiger partial charge in [-0.3, -0.25) is 24.6 Å². The van der Waals surface area contributed by atoms with Gasteiger partial charge in [-0.1, -0.05) is 30.3 Å². The van der Waals surface area contributed by atoms with Gasteiger partial charge in [0, 0.05) is 41.7 Å². The fourth-order valence-corrected chi connectivity index (χ4v) is 3.80. The van der Waals surface area contributed by atoms with Crippen LogP contribution in [0.15, 0.2) is 73.2 Å². The Balaban J connectivity index is 1.33. The number of carbonyl (C=O) groups excluding carboxylic acids is 2. The molecule has 0 spiro atoms. The molecule has 4 aromatic rings. The lowest BCUT2D eigenvalue weighted by molar-refractivity contribution is -0.121. The molecule has 1 fully saturated rings. The summed E-state index contributed by atoms with van der Waals surface area (Å²) in [7, 11) is 0. The van der Waals surface area contributed by atoms with Gasteiger partial charge >= 0.3 is 0 Å². The van der Waals surface area contributed by atoms with Crippen LogP contribution >= 0.6 is 0 Å². The molecule has 172 valence electrons. The largest absolute Gasteiger partial charge is 0.353 e. The number of para-hydroxylation sites is 1. The highest BCUT2D eigenvalue weighted by Crippen LogP contribution is 2.22. The number of hydrogen-bond donors (Lipinski definition) is 3. The average Bonchev–Trinajstić information content (AvgIpc) is 3.33. The van der Waals surface area contributed by atoms with E-state index in [0.717, 1.165) is 35.3 Å². The van der Waals surface area contributed by atoms with Gasteiger partial charge in [0.1, 0.15) is 0 Å². The Morgan fingerprint density at radius 3 is 2.68 bits per heavy atom. The zero-order chi connectivity index (χ0) is 23.3. The molecular formula is C26H26N6O2. The van der Waals surface area contributed by atoms with Gasteiger partial charge in [-0.15, -0.1) is 0 Å². The van der Waals surface area contributed by atoms with Crippen LogP contribution in [0.4, 0.5) is 5.95 Å². The highest BCUT2D eigenvalue weighted by atomic mass is 16.2. The van der Waals surface area contributed by atoms with E-state index >= 15 is 0 Å². The summed E-state index contributed by atoms with van der Waals surface area (Å²) in [5, 5.41) is 12.7. The maximum atomic E-state index is 13.1. The number of aromatic nitrogens is 4. The van der Waals surface area contributed by atoms with Crippen LogP contribution in [-0.4, -0.2) is 37.6 Å². The lowest BCUT2D eigenvalue weighted by Gasteiger charge is -2.09. The Morgan fingerprint density at radius 2 is 1.91 bits per heavy atom. The van der Waals surface area contributed by atoms with Gasteiger partial charge in [0.25, 0.3) is 5.91 Å². The maximum absolute atomic E-state index is 13.1. The predicted molar refractivity (Wildman–Crippen MR) is 130 cm³/mol. The average molecular weight is 455 g/mol. The van der Waals surface area contributed by atoms with Crippen LogP contribution in [0.25, 0.3) is 16.8 Å². The first-order valence-corrected chi connectivity index (χ1v) is 11.5. The zero-order valence-electron chi connectivity index (χ0n) is 18.7. The van der Waals surface area contributed by atoms with Crippen LogP contribution in [0, 0.1) is 0 Å². The molecule has 8 nitrogen and oxygen atoms in total. The standard InChI is InChI=1S/C26H26N6O2/c33-24(29-21-12-13-21)11-5-8-22-17-32(23-9-2-1-3-10-23)26(30-22)31-25(34)19-7-4-6-18(14-19)20-15-27-28-16-20/h1-4,6-7,9-10,14-17,21H,5,8,11-13H2,(H,27,28)(H,29,33)(H,30,31,34). The summed E-state index contributed by atoms with van der Waals surface area (Å²) < 4.78 is 1.87. The van der Waals surface area contributed by atoms with Gasteiger partial charge in [-0.05, 0) is 55.5 Å². The number of aryl methyl sites for hydroxylation is 1. The number of anilines is 1. The molecule has 1 saturated carbocycles. The van der Waals surface area contributed by atoms with Crippen molar-refractivity contribution in [3.8, 4) is 16.8 Å². The summed E-state index contributed by atoms with van der Waals surface area (Å²) in [6, 6.07) is 17.5. The van der Waals surface area contributed by atoms with Crippen molar-refractivity contribution in [2.75, 3.05) is 5.32 Å². The number of aromatic amines is 1. The number of amides is 2. The third kappa shape index (κ3) is 5.23. The van der Waals surface area contributed by atoms with Crippen molar-refractivity contribution in [1.82, 2.24) is 25.1 Å². The second kappa shape index (κ2) is 9.74. The molecule has 0 saturated heterocycles. The summed E-state index contributed by atoms with van der Waals surface area (Å²) in [4.78, 5) is 29.8. The number of H-pyrrole nitrogens is 1. The molecule has 0 unspecified atom stereocenters. The fraction of sp³-hybridized carbons (Fsp3) is 0.231. The molecule has 0 bridgehead atoms. The van der Waals surface area contributed by atoms with Gasteiger partial charge in [0.2, 0.25) is 11.9 Å². The second-order valence-corrected chi connectivity index (χ2v) is 8.48. The van der Waals surface area contributed by atoms with E-state index in [9.17, 15) is 9.59 Å². The Morgan fingerprint density at radius 1 is 1.06 bits per heavy atom. The van der Waals surface area contributed by atoms with E-state index in [2.05, 4.69) is 25.8 Å². The van der Waals surface area contributed by atoms with Gasteiger partial charge in [-0.25, -0.2) is 4.98 Å². The minimum Gasteiger partial charge on any atom is -0.353 e. The number of carbonyl (C=O) groups is 2. The van der Waals surface area contributed by atoms with Crippen molar-refractivity contribution < 1.29 is 9.59 Å². The maximum Gasteiger partial charge on any atom is 0.258 e. The minimum absolute atomic E-state index is 0.0935. The third-order valence-corrected chi connectivity index (χ3v) is 5.75. The van der Waals surface area contributed by atoms with Crippen LogP contribution in [-0.2, 0) is 11.2 Å². The zero-order valence-corrected chi connectivity index (χ0v) is 18.7. The van der Waals surface area contributed by atoms with E-state index in [-0.39, 0.29) is 11.8 Å². The van der Waals surface area contributed by atoms with Crippen LogP contribution in [0.5, 0.6) is 0 Å². The van der Waals surface area contributed by atoms with Gasteiger partial charge in [0.05, 0.1) is 11.9 Å². The molecule has 2 amide bonds. The molecule has 3 N–H and O–H groups in total. The van der Waals surface area contributed by atoms with E-state index in [1.807, 2.05) is 59.3 Å². The van der Waals surface area contributed by atoms with Crippen LogP contribution < -0.4 is 10.6 Å². The predicted octanol–water partition coefficient (Wildman–Crippen LogP) is 4.12. The van der Waals surface area contributed by atoms with Crippen molar-refractivity contribution in [2.45, 2.75) is 38.1 Å². The third-order valence-electron chi connectivity index (χ3n) is 5.75. The first-order valence-electron chi connectivity index (χ1n) is 11.5. The Hall–Kier alpha value is -4.20. The normalized spacial score (nSPS) is 12.9. The molecule has 8 heteroatoms. The smallest absolute Gasteiger partial charge is 0.258 e. The number of imidazole rings is 1. The van der Waals surface area contributed by atoms with E-state index in [0.29, 0.717) is 36.8 Å². The Bertz CT molecular complexity index is 1280. The van der Waals surface area contributed by atoms with Crippen LogP contribution in [0.2, 0.25) is 0 Å². The van der Waals surface area contributed by atoms with Crippen molar-refractivity contribution in [3.63, 3.8) is 0 Å². The van der Waals surface area contributed by atoms with E-state index < -0.39 is 0 Å². The number of hydrogen-bond acceptors (Lipinski definition) is 4. The quantitative estimate of drug-likeness (QED) is 0.354. The summed E-state index contributed by atoms with van der Waals surface area (Å²) in [6.45, 7) is 0. The Kier molecular flexibility index (Phi) is 6.20. The summed E-state index contributed by atoms with van der Waals surface area (Å²) in [5.41, 5.74) is 4.06. The number of nitrogens with zero attached hydrogens (tertiary/aromatic N) is 3. The van der Waals surface area contributed by atoms with E-state index in [4.69, 9.17) is 0 Å². The molecule has 2 aromatic heterocycles. The molecule has 2 heterocycles. The first kappa shape index (κ1) is 21.6. The molecule has 0 aliphatic heterocycles. The van der Waals surface area contributed by atoms with Crippen LogP contribution in [0.1, 0.15) is 41.7 Å². The highest BCUT2D eigenvalue weighted by Gasteiger charge is 2.23. The molecule has 34 heavy (non-hydrogen) atoms. The molecule has 2 aromatic carbocycles.